The van der Waals surface area contributed by atoms with Crippen LogP contribution in [0.4, 0.5) is 83.4 Å². The molecule has 0 bridgehead atoms. The van der Waals surface area contributed by atoms with Gasteiger partial charge in [-0.25, -0.2) is 8.78 Å². The van der Waals surface area contributed by atoms with Crippen molar-refractivity contribution in [2.75, 3.05) is 0 Å². The van der Waals surface area contributed by atoms with Gasteiger partial charge in [-0.15, -0.1) is 0 Å². The van der Waals surface area contributed by atoms with E-state index in [2.05, 4.69) is 2.51 Å². The largest absolute Gasteiger partial charge is 0.460 e. The lowest BCUT2D eigenvalue weighted by molar-refractivity contribution is -1.03. The predicted molar refractivity (Wildman–Crippen MR) is 101 cm³/mol. The summed E-state index contributed by atoms with van der Waals surface area (Å²) in [5.74, 6) is -54.8. The van der Waals surface area contributed by atoms with Gasteiger partial charge in [-0.2, -0.15) is 83.1 Å². The summed E-state index contributed by atoms with van der Waals surface area (Å²) in [4.78, 5) is 0. The van der Waals surface area contributed by atoms with Crippen molar-refractivity contribution in [1.29, 1.82) is 0 Å². The molecule has 44 heavy (non-hydrogen) atoms. The van der Waals surface area contributed by atoms with Crippen LogP contribution < -0.4 is 20.2 Å². The zero-order chi connectivity index (χ0) is 34.8. The average Bonchev–Trinajstić information content (AvgIpc) is 2.87. The molecule has 0 aliphatic rings. The molecule has 0 saturated heterocycles. The number of rotatable bonds is 11. The highest BCUT2D eigenvalue weighted by molar-refractivity contribution is 7.87. The van der Waals surface area contributed by atoms with Crippen LogP contribution in [-0.4, -0.2) is 55.4 Å². The topological polar surface area (TPSA) is 43.4 Å². The minimum Gasteiger partial charge on any atom is -0.207 e. The highest BCUT2D eigenvalue weighted by atomic mass is 127. The van der Waals surface area contributed by atoms with Gasteiger partial charge in [0.2, 0.25) is 0 Å². The molecule has 0 heterocycles. The van der Waals surface area contributed by atoms with Gasteiger partial charge in [-0.1, -0.05) is 0 Å². The Morgan fingerprint density at radius 1 is 0.455 bits per heavy atom. The molecular formula is C20H8F19IO3S+. The third kappa shape index (κ3) is 5.65. The molecule has 0 unspecified atom stereocenters. The lowest BCUT2D eigenvalue weighted by Gasteiger charge is -2.42. The van der Waals surface area contributed by atoms with E-state index in [1.807, 2.05) is 0 Å². The molecule has 0 fully saturated rings. The third-order valence-corrected chi connectivity index (χ3v) is 12.5. The second kappa shape index (κ2) is 11.2. The zero-order valence-electron chi connectivity index (χ0n) is 19.8. The van der Waals surface area contributed by atoms with Crippen LogP contribution in [0.15, 0.2) is 48.5 Å². The Hall–Kier alpha value is -2.25. The van der Waals surface area contributed by atoms with E-state index in [0.29, 0.717) is 48.5 Å². The fraction of sp³-hybridized carbons (Fsp3) is 0.400. The summed E-state index contributed by atoms with van der Waals surface area (Å²) >= 11 is -4.88. The number of hydrogen-bond acceptors (Lipinski definition) is 3. The normalized spacial score (nSPS) is 15.2. The van der Waals surface area contributed by atoms with E-state index in [0.717, 1.165) is 0 Å². The van der Waals surface area contributed by atoms with Gasteiger partial charge >= 0.3 is 77.3 Å². The van der Waals surface area contributed by atoms with Crippen LogP contribution in [0.5, 0.6) is 0 Å². The van der Waals surface area contributed by atoms with E-state index < -0.39 is 96.1 Å². The maximum atomic E-state index is 14.5. The lowest BCUT2D eigenvalue weighted by atomic mass is 9.91. The fourth-order valence-electron chi connectivity index (χ4n) is 2.72. The number of alkyl halides is 17. The molecule has 251 valence electrons. The van der Waals surface area contributed by atoms with E-state index in [1.165, 1.54) is 0 Å². The molecule has 2 aromatic rings. The smallest absolute Gasteiger partial charge is 0.207 e. The summed E-state index contributed by atoms with van der Waals surface area (Å²) in [6.07, 6.45) is -7.95. The molecule has 0 spiro atoms. The van der Waals surface area contributed by atoms with Gasteiger partial charge in [0.1, 0.15) is 11.6 Å². The van der Waals surface area contributed by atoms with E-state index in [4.69, 9.17) is 0 Å². The van der Waals surface area contributed by atoms with Crippen molar-refractivity contribution in [2.24, 2.45) is 0 Å². The first-order chi connectivity index (χ1) is 19.3. The molecule has 2 aromatic carbocycles. The Kier molecular flexibility index (Phi) is 9.67. The molecule has 0 atom stereocenters. The second-order valence-electron chi connectivity index (χ2n) is 8.10. The first kappa shape index (κ1) is 37.9. The number of benzene rings is 2. The van der Waals surface area contributed by atoms with Gasteiger partial charge in [0, 0.05) is 0 Å². The lowest BCUT2D eigenvalue weighted by Crippen LogP contribution is -3.85. The van der Waals surface area contributed by atoms with Crippen molar-refractivity contribution in [3.8, 4) is 0 Å². The fourth-order valence-corrected chi connectivity index (χ4v) is 9.64. The van der Waals surface area contributed by atoms with Crippen LogP contribution >= 0.6 is 0 Å². The highest BCUT2D eigenvalue weighted by Gasteiger charge is 2.96. The van der Waals surface area contributed by atoms with E-state index in [1.54, 1.807) is 0 Å². The van der Waals surface area contributed by atoms with E-state index >= 15 is 0 Å². The first-order valence-corrected chi connectivity index (χ1v) is 14.7. The molecule has 24 heteroatoms. The van der Waals surface area contributed by atoms with Crippen molar-refractivity contribution in [1.82, 2.24) is 0 Å². The number of halogens is 20. The summed E-state index contributed by atoms with van der Waals surface area (Å²) in [5.41, 5.74) is 0. The summed E-state index contributed by atoms with van der Waals surface area (Å²) < 4.78 is 283. The molecule has 0 aliphatic carbocycles. The Morgan fingerprint density at radius 3 is 1.02 bits per heavy atom. The van der Waals surface area contributed by atoms with Crippen LogP contribution in [0.25, 0.3) is 0 Å². The van der Waals surface area contributed by atoms with Crippen LogP contribution in [0.1, 0.15) is 0 Å². The van der Waals surface area contributed by atoms with Gasteiger partial charge in [0.05, 0.1) is 0 Å². The molecule has 0 aliphatic heterocycles. The van der Waals surface area contributed by atoms with Gasteiger partial charge < -0.3 is 0 Å². The van der Waals surface area contributed by atoms with Crippen molar-refractivity contribution in [3.05, 3.63) is 67.3 Å². The van der Waals surface area contributed by atoms with Crippen LogP contribution in [0.2, 0.25) is 0 Å². The van der Waals surface area contributed by atoms with Crippen molar-refractivity contribution in [2.45, 2.75) is 47.0 Å². The van der Waals surface area contributed by atoms with E-state index in [9.17, 15) is 91.8 Å². The average molecular weight is 816 g/mol. The summed E-state index contributed by atoms with van der Waals surface area (Å²) in [6.45, 7) is 0. The molecule has 2 rings (SSSR count). The van der Waals surface area contributed by atoms with Crippen molar-refractivity contribution < 1.29 is 115 Å². The van der Waals surface area contributed by atoms with Gasteiger partial charge in [0.25, 0.3) is 0 Å². The van der Waals surface area contributed by atoms with E-state index in [-0.39, 0.29) is 0 Å². The molecule has 3 nitrogen and oxygen atoms in total. The van der Waals surface area contributed by atoms with Gasteiger partial charge in [-0.05, 0) is 51.0 Å². The molecule has 0 N–H and O–H groups in total. The number of hydrogen-bond donors (Lipinski definition) is 0. The highest BCUT2D eigenvalue weighted by Crippen LogP contribution is 2.64. The summed E-state index contributed by atoms with van der Waals surface area (Å²) in [6, 6.07) is 3.95. The predicted octanol–water partition coefficient (Wildman–Crippen LogP) is 4.86. The Balaban J connectivity index is 2.69. The molecule has 0 aromatic heterocycles. The Bertz CT molecular complexity index is 1390. The molecule has 1 radical (unpaired) electrons. The zero-order valence-corrected chi connectivity index (χ0v) is 22.8. The van der Waals surface area contributed by atoms with Crippen molar-refractivity contribution in [3.63, 3.8) is 0 Å². The second-order valence-corrected chi connectivity index (χ2v) is 14.6. The first-order valence-electron chi connectivity index (χ1n) is 10.2. The maximum Gasteiger partial charge on any atom is 0.460 e. The van der Waals surface area contributed by atoms with Crippen molar-refractivity contribution >= 4 is 10.1 Å². The Morgan fingerprint density at radius 2 is 0.727 bits per heavy atom. The minimum absolute atomic E-state index is 0.458. The molecular weight excluding hydrogens is 808 g/mol. The quantitative estimate of drug-likeness (QED) is 0.241. The third-order valence-electron chi connectivity index (χ3n) is 5.16. The van der Waals surface area contributed by atoms with Crippen LogP contribution in [-0.2, 0) is 12.6 Å². The monoisotopic (exact) mass is 816 g/mol. The standard InChI is InChI=1S/C20H8F19IO3S/c21-9-1-5-11(6-2-9)40(12-7-3-10(22)4-8-12)43-44(41,42)20(38,39)18(33,34)16(29,30)14(25,26)13(23,24)15(27,28)17(31,32)19(35,36)37/h1-8H/q+1. The molecule has 0 saturated carbocycles. The summed E-state index contributed by atoms with van der Waals surface area (Å²) in [7, 11) is -7.88. The summed E-state index contributed by atoms with van der Waals surface area (Å²) in [5, 5.41) is -7.89. The van der Waals surface area contributed by atoms with Crippen LogP contribution in [0.3, 0.4) is 0 Å². The maximum absolute atomic E-state index is 14.5. The van der Waals surface area contributed by atoms with Gasteiger partial charge in [-0.3, -0.25) is 0 Å². The SMILES string of the molecule is O=S(=O)(O[I+](c1ccc(F)cc1)c1ccc(F)cc1)C(F)(F)C(F)(F)C(F)(F)C(F)(F)C(F)(F)C(F)(F)C(F)(F)C(F)(F)F. The van der Waals surface area contributed by atoms with Crippen LogP contribution in [0, 0.1) is 18.8 Å². The molecule has 0 amide bonds. The van der Waals surface area contributed by atoms with Gasteiger partial charge in [0.15, 0.2) is 7.14 Å². The minimum atomic E-state index is -8.99. The Labute approximate surface area is 239 Å².